The van der Waals surface area contributed by atoms with Crippen LogP contribution in [0.5, 0.6) is 0 Å². The molecule has 0 saturated heterocycles. The predicted octanol–water partition coefficient (Wildman–Crippen LogP) is 1.94. The highest BCUT2D eigenvalue weighted by Crippen LogP contribution is 2.23. The zero-order valence-electron chi connectivity index (χ0n) is 12.3. The molecule has 22 heavy (non-hydrogen) atoms. The number of hydrogen-bond acceptors (Lipinski definition) is 5. The van der Waals surface area contributed by atoms with Crippen molar-refractivity contribution < 1.29 is 22.7 Å². The van der Waals surface area contributed by atoms with Gasteiger partial charge in [-0.05, 0) is 30.8 Å². The number of rotatable bonds is 6. The number of carboxylic acid groups (broad SMARTS) is 1. The van der Waals surface area contributed by atoms with E-state index in [1.165, 1.54) is 30.5 Å². The molecule has 1 N–H and O–H groups in total. The van der Waals surface area contributed by atoms with Gasteiger partial charge in [-0.25, -0.2) is 8.42 Å². The molecular formula is C15H17NO5S. The Hall–Kier alpha value is -2.12. The fraction of sp³-hybridized carbons (Fsp3) is 0.267. The van der Waals surface area contributed by atoms with Gasteiger partial charge in [-0.3, -0.25) is 9.69 Å². The second-order valence-corrected chi connectivity index (χ2v) is 7.14. The molecule has 1 heterocycles. The average molecular weight is 323 g/mol. The molecule has 0 amide bonds. The van der Waals surface area contributed by atoms with Gasteiger partial charge in [0.25, 0.3) is 0 Å². The summed E-state index contributed by atoms with van der Waals surface area (Å²) in [7, 11) is -1.61. The Kier molecular flexibility index (Phi) is 4.68. The Morgan fingerprint density at radius 1 is 1.27 bits per heavy atom. The van der Waals surface area contributed by atoms with Crippen LogP contribution in [0.3, 0.4) is 0 Å². The quantitative estimate of drug-likeness (QED) is 0.874. The fourth-order valence-electron chi connectivity index (χ4n) is 2.24. The van der Waals surface area contributed by atoms with Gasteiger partial charge in [0.15, 0.2) is 9.84 Å². The van der Waals surface area contributed by atoms with Gasteiger partial charge in [0, 0.05) is 18.4 Å². The van der Waals surface area contributed by atoms with E-state index in [2.05, 4.69) is 0 Å². The standard InChI is InChI=1S/C15H17NO5S/c1-16(9-11-7-8-21-10-11)14(15(17)18)12-3-5-13(6-4-12)22(2,19)20/h3-8,10,14H,9H2,1-2H3,(H,17,18)/t14-/m1/s1. The van der Waals surface area contributed by atoms with Crippen molar-refractivity contribution in [1.29, 1.82) is 0 Å². The van der Waals surface area contributed by atoms with Gasteiger partial charge in [-0.15, -0.1) is 0 Å². The summed E-state index contributed by atoms with van der Waals surface area (Å²) in [5, 5.41) is 9.47. The molecule has 0 aliphatic rings. The highest BCUT2D eigenvalue weighted by atomic mass is 32.2. The first-order valence-corrected chi connectivity index (χ1v) is 8.42. The highest BCUT2D eigenvalue weighted by molar-refractivity contribution is 7.90. The smallest absolute Gasteiger partial charge is 0.325 e. The minimum atomic E-state index is -3.30. The fourth-order valence-corrected chi connectivity index (χ4v) is 2.88. The van der Waals surface area contributed by atoms with E-state index in [1.807, 2.05) is 0 Å². The van der Waals surface area contributed by atoms with E-state index in [9.17, 15) is 18.3 Å². The van der Waals surface area contributed by atoms with Crippen LogP contribution < -0.4 is 0 Å². The Morgan fingerprint density at radius 3 is 2.36 bits per heavy atom. The molecule has 0 saturated carbocycles. The number of carbonyl (C=O) groups is 1. The third-order valence-corrected chi connectivity index (χ3v) is 4.44. The minimum Gasteiger partial charge on any atom is -0.480 e. The first-order chi connectivity index (χ1) is 10.3. The molecule has 0 fully saturated rings. The number of hydrogen-bond donors (Lipinski definition) is 1. The number of nitrogens with zero attached hydrogens (tertiary/aromatic N) is 1. The Balaban J connectivity index is 2.26. The summed E-state index contributed by atoms with van der Waals surface area (Å²) in [6.07, 6.45) is 4.20. The van der Waals surface area contributed by atoms with Crippen molar-refractivity contribution in [3.8, 4) is 0 Å². The first kappa shape index (κ1) is 16.3. The van der Waals surface area contributed by atoms with Crippen molar-refractivity contribution in [2.45, 2.75) is 17.5 Å². The van der Waals surface area contributed by atoms with Gasteiger partial charge in [0.2, 0.25) is 0 Å². The van der Waals surface area contributed by atoms with Crippen LogP contribution in [0.2, 0.25) is 0 Å². The molecule has 0 spiro atoms. The summed E-state index contributed by atoms with van der Waals surface area (Å²) in [4.78, 5) is 13.4. The van der Waals surface area contributed by atoms with Crippen LogP contribution >= 0.6 is 0 Å². The summed E-state index contributed by atoms with van der Waals surface area (Å²) in [5.41, 5.74) is 1.38. The van der Waals surface area contributed by atoms with Gasteiger partial charge in [0.05, 0.1) is 17.4 Å². The topological polar surface area (TPSA) is 87.8 Å². The van der Waals surface area contributed by atoms with Crippen molar-refractivity contribution in [1.82, 2.24) is 4.90 Å². The van der Waals surface area contributed by atoms with Gasteiger partial charge < -0.3 is 9.52 Å². The molecule has 0 bridgehead atoms. The van der Waals surface area contributed by atoms with Crippen molar-refractivity contribution in [2.24, 2.45) is 0 Å². The summed E-state index contributed by atoms with van der Waals surface area (Å²) in [6, 6.07) is 6.80. The Morgan fingerprint density at radius 2 is 1.91 bits per heavy atom. The zero-order valence-corrected chi connectivity index (χ0v) is 13.1. The molecule has 6 nitrogen and oxygen atoms in total. The molecule has 118 valence electrons. The molecule has 1 aromatic carbocycles. The van der Waals surface area contributed by atoms with Gasteiger partial charge in [0.1, 0.15) is 6.04 Å². The van der Waals surface area contributed by atoms with E-state index in [-0.39, 0.29) is 4.90 Å². The molecular weight excluding hydrogens is 306 g/mol. The number of sulfone groups is 1. The summed E-state index contributed by atoms with van der Waals surface area (Å²) in [6.45, 7) is 0.404. The number of carboxylic acids is 1. The van der Waals surface area contributed by atoms with Gasteiger partial charge >= 0.3 is 5.97 Å². The lowest BCUT2D eigenvalue weighted by atomic mass is 10.1. The predicted molar refractivity (Wildman–Crippen MR) is 80.1 cm³/mol. The zero-order chi connectivity index (χ0) is 16.3. The van der Waals surface area contributed by atoms with Crippen molar-refractivity contribution in [3.63, 3.8) is 0 Å². The molecule has 0 aliphatic carbocycles. The van der Waals surface area contributed by atoms with E-state index >= 15 is 0 Å². The van der Waals surface area contributed by atoms with Crippen LogP contribution in [0.25, 0.3) is 0 Å². The third kappa shape index (κ3) is 3.75. The van der Waals surface area contributed by atoms with E-state index in [0.29, 0.717) is 12.1 Å². The largest absolute Gasteiger partial charge is 0.480 e. The average Bonchev–Trinajstić information content (AvgIpc) is 2.90. The lowest BCUT2D eigenvalue weighted by Gasteiger charge is -2.24. The van der Waals surface area contributed by atoms with E-state index in [0.717, 1.165) is 11.8 Å². The van der Waals surface area contributed by atoms with Crippen molar-refractivity contribution in [3.05, 3.63) is 54.0 Å². The molecule has 2 aromatic rings. The maximum atomic E-state index is 11.6. The molecule has 0 radical (unpaired) electrons. The lowest BCUT2D eigenvalue weighted by molar-refractivity contribution is -0.143. The Bertz CT molecular complexity index is 735. The molecule has 2 rings (SSSR count). The Labute approximate surface area is 128 Å². The SMILES string of the molecule is CN(Cc1ccoc1)[C@@H](C(=O)O)c1ccc(S(C)(=O)=O)cc1. The monoisotopic (exact) mass is 323 g/mol. The minimum absolute atomic E-state index is 0.165. The maximum absolute atomic E-state index is 11.6. The molecule has 1 atom stereocenters. The number of benzene rings is 1. The highest BCUT2D eigenvalue weighted by Gasteiger charge is 2.25. The summed E-state index contributed by atoms with van der Waals surface area (Å²) in [5.74, 6) is -1.00. The van der Waals surface area contributed by atoms with E-state index < -0.39 is 21.8 Å². The maximum Gasteiger partial charge on any atom is 0.325 e. The first-order valence-electron chi connectivity index (χ1n) is 6.53. The van der Waals surface area contributed by atoms with E-state index in [1.54, 1.807) is 24.3 Å². The molecule has 0 unspecified atom stereocenters. The van der Waals surface area contributed by atoms with Crippen LogP contribution in [0.4, 0.5) is 0 Å². The van der Waals surface area contributed by atoms with Crippen LogP contribution in [0, 0.1) is 0 Å². The van der Waals surface area contributed by atoms with Crippen molar-refractivity contribution in [2.75, 3.05) is 13.3 Å². The van der Waals surface area contributed by atoms with Crippen LogP contribution in [0.15, 0.2) is 52.2 Å². The van der Waals surface area contributed by atoms with Crippen LogP contribution in [-0.2, 0) is 21.2 Å². The van der Waals surface area contributed by atoms with Crippen LogP contribution in [0.1, 0.15) is 17.2 Å². The third-order valence-electron chi connectivity index (χ3n) is 3.31. The molecule has 7 heteroatoms. The second kappa shape index (κ2) is 6.33. The second-order valence-electron chi connectivity index (χ2n) is 5.13. The van der Waals surface area contributed by atoms with Crippen molar-refractivity contribution >= 4 is 15.8 Å². The molecule has 1 aromatic heterocycles. The summed E-state index contributed by atoms with van der Waals surface area (Å²) < 4.78 is 27.9. The number of likely N-dealkylation sites (N-methyl/N-ethyl adjacent to an activating group) is 1. The lowest BCUT2D eigenvalue weighted by Crippen LogP contribution is -2.30. The summed E-state index contributed by atoms with van der Waals surface area (Å²) >= 11 is 0. The normalized spacial score (nSPS) is 13.2. The van der Waals surface area contributed by atoms with Gasteiger partial charge in [-0.1, -0.05) is 12.1 Å². The number of furan rings is 1. The van der Waals surface area contributed by atoms with E-state index in [4.69, 9.17) is 4.42 Å². The van der Waals surface area contributed by atoms with Crippen LogP contribution in [-0.4, -0.2) is 37.7 Å². The van der Waals surface area contributed by atoms with Gasteiger partial charge in [-0.2, -0.15) is 0 Å². The molecule has 0 aliphatic heterocycles. The number of aliphatic carboxylic acids is 1.